The Morgan fingerprint density at radius 3 is 2.64 bits per heavy atom. The van der Waals surface area contributed by atoms with Crippen molar-refractivity contribution in [2.24, 2.45) is 0 Å². The molecular weight excluding hydrogens is 337 g/mol. The molecular formula is C14H12Cl2F2N2O2. The maximum Gasteiger partial charge on any atom is 0.387 e. The fourth-order valence-corrected chi connectivity index (χ4v) is 2.16. The molecule has 2 aromatic rings. The molecule has 118 valence electrons. The zero-order chi connectivity index (χ0) is 16.3. The first kappa shape index (κ1) is 16.6. The highest BCUT2D eigenvalue weighted by Crippen LogP contribution is 2.23. The molecule has 2 rings (SSSR count). The summed E-state index contributed by atoms with van der Waals surface area (Å²) in [6.07, 6.45) is 0. The van der Waals surface area contributed by atoms with Gasteiger partial charge in [-0.05, 0) is 30.7 Å². The zero-order valence-electron chi connectivity index (χ0n) is 11.4. The lowest BCUT2D eigenvalue weighted by atomic mass is 10.1. The van der Waals surface area contributed by atoms with Gasteiger partial charge in [-0.15, -0.1) is 0 Å². The topological polar surface area (TPSA) is 54.1 Å². The molecule has 0 aliphatic carbocycles. The van der Waals surface area contributed by atoms with Crippen molar-refractivity contribution < 1.29 is 18.3 Å². The minimum atomic E-state index is -2.90. The molecule has 1 atom stereocenters. The first-order chi connectivity index (χ1) is 10.4. The van der Waals surface area contributed by atoms with Crippen molar-refractivity contribution in [3.05, 3.63) is 51.8 Å². The molecule has 1 amide bonds. The van der Waals surface area contributed by atoms with Crippen molar-refractivity contribution in [2.75, 3.05) is 0 Å². The van der Waals surface area contributed by atoms with Crippen LogP contribution in [0.1, 0.15) is 29.0 Å². The molecule has 0 aliphatic heterocycles. The molecule has 0 bridgehead atoms. The summed E-state index contributed by atoms with van der Waals surface area (Å²) in [5.41, 5.74) is 0.831. The van der Waals surface area contributed by atoms with E-state index >= 15 is 0 Å². The number of carbonyl (C=O) groups is 1. The fraction of sp³-hybridized carbons (Fsp3) is 0.214. The Kier molecular flexibility index (Phi) is 5.26. The lowest BCUT2D eigenvalue weighted by Crippen LogP contribution is -2.26. The van der Waals surface area contributed by atoms with Gasteiger partial charge in [-0.2, -0.15) is 8.78 Å². The third-order valence-electron chi connectivity index (χ3n) is 2.90. The van der Waals surface area contributed by atoms with Crippen LogP contribution in [0.2, 0.25) is 10.2 Å². The Balaban J connectivity index is 2.08. The molecule has 1 aromatic heterocycles. The van der Waals surface area contributed by atoms with E-state index in [1.807, 2.05) is 0 Å². The van der Waals surface area contributed by atoms with Crippen molar-refractivity contribution in [3.63, 3.8) is 0 Å². The first-order valence-corrected chi connectivity index (χ1v) is 7.02. The van der Waals surface area contributed by atoms with Gasteiger partial charge < -0.3 is 15.0 Å². The number of nitrogens with one attached hydrogen (secondary N) is 2. The number of halogens is 4. The molecule has 0 saturated heterocycles. The number of hydrogen-bond acceptors (Lipinski definition) is 2. The van der Waals surface area contributed by atoms with Gasteiger partial charge >= 0.3 is 6.61 Å². The van der Waals surface area contributed by atoms with Crippen LogP contribution >= 0.6 is 23.2 Å². The normalized spacial score (nSPS) is 12.3. The molecule has 0 fully saturated rings. The number of aromatic nitrogens is 1. The Labute approximate surface area is 135 Å². The number of carbonyl (C=O) groups excluding carboxylic acids is 1. The van der Waals surface area contributed by atoms with Gasteiger partial charge in [0.2, 0.25) is 0 Å². The van der Waals surface area contributed by atoms with E-state index in [2.05, 4.69) is 15.0 Å². The highest BCUT2D eigenvalue weighted by Gasteiger charge is 2.15. The maximum absolute atomic E-state index is 12.2. The Morgan fingerprint density at radius 2 is 2.05 bits per heavy atom. The Morgan fingerprint density at radius 1 is 1.32 bits per heavy atom. The number of ether oxygens (including phenoxy) is 1. The van der Waals surface area contributed by atoms with Crippen LogP contribution in [-0.4, -0.2) is 17.5 Å². The Bertz CT molecular complexity index is 657. The van der Waals surface area contributed by atoms with Crippen LogP contribution in [0.5, 0.6) is 5.75 Å². The van der Waals surface area contributed by atoms with Crippen molar-refractivity contribution >= 4 is 29.1 Å². The molecule has 1 aromatic carbocycles. The van der Waals surface area contributed by atoms with Gasteiger partial charge in [0.15, 0.2) is 0 Å². The zero-order valence-corrected chi connectivity index (χ0v) is 12.9. The van der Waals surface area contributed by atoms with E-state index in [0.29, 0.717) is 5.56 Å². The second-order valence-electron chi connectivity index (χ2n) is 4.49. The van der Waals surface area contributed by atoms with E-state index in [4.69, 9.17) is 23.2 Å². The molecule has 0 radical (unpaired) electrons. The van der Waals surface area contributed by atoms with E-state index in [0.717, 1.165) is 0 Å². The van der Waals surface area contributed by atoms with Crippen LogP contribution in [0.3, 0.4) is 0 Å². The molecule has 0 spiro atoms. The number of H-pyrrole nitrogens is 1. The van der Waals surface area contributed by atoms with E-state index in [1.54, 1.807) is 19.1 Å². The largest absolute Gasteiger partial charge is 0.435 e. The van der Waals surface area contributed by atoms with E-state index in [1.165, 1.54) is 18.2 Å². The SMILES string of the molecule is CC(NC(=O)c1cc(Cl)c(Cl)[nH]1)c1cccc(OC(F)F)c1. The summed E-state index contributed by atoms with van der Waals surface area (Å²) in [6.45, 7) is -1.19. The molecule has 1 unspecified atom stereocenters. The third-order valence-corrected chi connectivity index (χ3v) is 3.59. The number of aromatic amines is 1. The second kappa shape index (κ2) is 6.98. The van der Waals surface area contributed by atoms with Crippen LogP contribution < -0.4 is 10.1 Å². The number of benzene rings is 1. The predicted molar refractivity (Wildman–Crippen MR) is 79.8 cm³/mol. The highest BCUT2D eigenvalue weighted by molar-refractivity contribution is 6.41. The molecule has 0 saturated carbocycles. The predicted octanol–water partition coefficient (Wildman–Crippen LogP) is 4.41. The average molecular weight is 349 g/mol. The van der Waals surface area contributed by atoms with Crippen molar-refractivity contribution in [1.29, 1.82) is 0 Å². The first-order valence-electron chi connectivity index (χ1n) is 6.26. The van der Waals surface area contributed by atoms with Gasteiger partial charge in [-0.25, -0.2) is 0 Å². The van der Waals surface area contributed by atoms with Crippen molar-refractivity contribution in [1.82, 2.24) is 10.3 Å². The minimum absolute atomic E-state index is 0.0274. The van der Waals surface area contributed by atoms with Crippen LogP contribution in [-0.2, 0) is 0 Å². The minimum Gasteiger partial charge on any atom is -0.435 e. The fourth-order valence-electron chi connectivity index (χ4n) is 1.84. The van der Waals surface area contributed by atoms with Crippen LogP contribution in [0, 0.1) is 0 Å². The summed E-state index contributed by atoms with van der Waals surface area (Å²) in [6, 6.07) is 7.09. The average Bonchev–Trinajstić information content (AvgIpc) is 2.78. The number of rotatable bonds is 5. The lowest BCUT2D eigenvalue weighted by Gasteiger charge is -2.15. The van der Waals surface area contributed by atoms with Crippen LogP contribution in [0.15, 0.2) is 30.3 Å². The van der Waals surface area contributed by atoms with Gasteiger partial charge in [0.25, 0.3) is 5.91 Å². The van der Waals surface area contributed by atoms with Gasteiger partial charge in [-0.1, -0.05) is 35.3 Å². The summed E-state index contributed by atoms with van der Waals surface area (Å²) in [7, 11) is 0. The van der Waals surface area contributed by atoms with Gasteiger partial charge in [0, 0.05) is 0 Å². The molecule has 0 aliphatic rings. The van der Waals surface area contributed by atoms with Crippen molar-refractivity contribution in [2.45, 2.75) is 19.6 Å². The summed E-state index contributed by atoms with van der Waals surface area (Å²) in [5, 5.41) is 3.12. The van der Waals surface area contributed by atoms with Gasteiger partial charge in [0.05, 0.1) is 11.1 Å². The smallest absolute Gasteiger partial charge is 0.387 e. The van der Waals surface area contributed by atoms with Crippen LogP contribution in [0.25, 0.3) is 0 Å². The van der Waals surface area contributed by atoms with E-state index < -0.39 is 18.6 Å². The van der Waals surface area contributed by atoms with E-state index in [-0.39, 0.29) is 21.6 Å². The third kappa shape index (κ3) is 4.11. The summed E-state index contributed by atoms with van der Waals surface area (Å²) >= 11 is 11.5. The number of hydrogen-bond donors (Lipinski definition) is 2. The van der Waals surface area contributed by atoms with Gasteiger partial charge in [0.1, 0.15) is 16.6 Å². The quantitative estimate of drug-likeness (QED) is 0.840. The lowest BCUT2D eigenvalue weighted by molar-refractivity contribution is -0.0499. The summed E-state index contributed by atoms with van der Waals surface area (Å²) < 4.78 is 28.7. The Hall–Kier alpha value is -1.79. The molecule has 1 heterocycles. The van der Waals surface area contributed by atoms with Gasteiger partial charge in [-0.3, -0.25) is 4.79 Å². The second-order valence-corrected chi connectivity index (χ2v) is 5.28. The summed E-state index contributed by atoms with van der Waals surface area (Å²) in [4.78, 5) is 14.7. The van der Waals surface area contributed by atoms with Crippen LogP contribution in [0.4, 0.5) is 8.78 Å². The molecule has 8 heteroatoms. The maximum atomic E-state index is 12.2. The number of amides is 1. The van der Waals surface area contributed by atoms with E-state index in [9.17, 15) is 13.6 Å². The molecule has 2 N–H and O–H groups in total. The van der Waals surface area contributed by atoms with Crippen molar-refractivity contribution in [3.8, 4) is 5.75 Å². The molecule has 22 heavy (non-hydrogen) atoms. The standard InChI is InChI=1S/C14H12Cl2F2N2O2/c1-7(8-3-2-4-9(5-8)22-14(17)18)19-13(21)11-6-10(15)12(16)20-11/h2-7,14,20H,1H3,(H,19,21). The molecule has 4 nitrogen and oxygen atoms in total. The summed E-state index contributed by atoms with van der Waals surface area (Å²) in [5.74, 6) is -0.388. The monoisotopic (exact) mass is 348 g/mol. The highest BCUT2D eigenvalue weighted by atomic mass is 35.5. The number of alkyl halides is 2.